The molecule has 1 N–H and O–H groups in total. The van der Waals surface area contributed by atoms with Crippen LogP contribution < -0.4 is 10.2 Å². The minimum absolute atomic E-state index is 0.0431. The molecule has 0 radical (unpaired) electrons. The number of ether oxygens (including phenoxy) is 1. The molecule has 1 aromatic heterocycles. The lowest BCUT2D eigenvalue weighted by Crippen LogP contribution is -2.36. The Morgan fingerprint density at radius 1 is 1.37 bits per heavy atom. The molecule has 0 bridgehead atoms. The van der Waals surface area contributed by atoms with Gasteiger partial charge in [0, 0.05) is 28.6 Å². The Kier molecular flexibility index (Phi) is 6.13. The molecule has 1 aliphatic rings. The smallest absolute Gasteiger partial charge is 0.307 e. The van der Waals surface area contributed by atoms with E-state index in [1.54, 1.807) is 29.2 Å². The standard InChI is InChI=1S/C19H19ClN2O4S/c1-26-18(24)10-15(16-6-3-7-27-16)21-19(25)12-8-17(23)22(11-12)14-5-2-4-13(20)9-14/h2-7,9,12,15H,8,10-11H2,1H3,(H,21,25)/t12-,15+/m1/s1. The monoisotopic (exact) mass is 406 g/mol. The minimum Gasteiger partial charge on any atom is -0.469 e. The van der Waals surface area contributed by atoms with Crippen LogP contribution in [-0.4, -0.2) is 31.4 Å². The second-order valence-electron chi connectivity index (χ2n) is 6.24. The van der Waals surface area contributed by atoms with Gasteiger partial charge in [0.2, 0.25) is 11.8 Å². The van der Waals surface area contributed by atoms with Crippen molar-refractivity contribution in [2.45, 2.75) is 18.9 Å². The van der Waals surface area contributed by atoms with Crippen LogP contribution in [0.15, 0.2) is 41.8 Å². The highest BCUT2D eigenvalue weighted by Crippen LogP contribution is 2.29. The van der Waals surface area contributed by atoms with Crippen LogP contribution in [0.25, 0.3) is 0 Å². The molecule has 2 heterocycles. The Hall–Kier alpha value is -2.38. The van der Waals surface area contributed by atoms with E-state index in [9.17, 15) is 14.4 Å². The van der Waals surface area contributed by atoms with Crippen molar-refractivity contribution in [2.24, 2.45) is 5.92 Å². The topological polar surface area (TPSA) is 75.7 Å². The van der Waals surface area contributed by atoms with E-state index in [0.29, 0.717) is 10.7 Å². The van der Waals surface area contributed by atoms with Gasteiger partial charge in [0.15, 0.2) is 0 Å². The van der Waals surface area contributed by atoms with E-state index in [-0.39, 0.29) is 31.2 Å². The van der Waals surface area contributed by atoms with Crippen molar-refractivity contribution in [1.29, 1.82) is 0 Å². The number of halogens is 1. The number of hydrogen-bond donors (Lipinski definition) is 1. The molecule has 0 aliphatic carbocycles. The van der Waals surface area contributed by atoms with Crippen molar-refractivity contribution >= 4 is 46.4 Å². The summed E-state index contributed by atoms with van der Waals surface area (Å²) in [6.45, 7) is 0.278. The SMILES string of the molecule is COC(=O)C[C@H](NC(=O)[C@@H]1CC(=O)N(c2cccc(Cl)c2)C1)c1cccs1. The van der Waals surface area contributed by atoms with E-state index in [4.69, 9.17) is 16.3 Å². The van der Waals surface area contributed by atoms with Crippen molar-refractivity contribution in [1.82, 2.24) is 5.32 Å². The molecule has 1 fully saturated rings. The molecule has 3 rings (SSSR count). The number of methoxy groups -OCH3 is 1. The third kappa shape index (κ3) is 4.67. The molecule has 0 unspecified atom stereocenters. The van der Waals surface area contributed by atoms with Crippen LogP contribution in [-0.2, 0) is 19.1 Å². The van der Waals surface area contributed by atoms with Gasteiger partial charge in [-0.2, -0.15) is 0 Å². The van der Waals surface area contributed by atoms with Crippen LogP contribution in [0.5, 0.6) is 0 Å². The maximum atomic E-state index is 12.7. The summed E-state index contributed by atoms with van der Waals surface area (Å²) in [6, 6.07) is 10.2. The van der Waals surface area contributed by atoms with E-state index in [1.807, 2.05) is 17.5 Å². The Morgan fingerprint density at radius 3 is 2.85 bits per heavy atom. The second kappa shape index (κ2) is 8.54. The summed E-state index contributed by atoms with van der Waals surface area (Å²) in [6.07, 6.45) is 0.162. The summed E-state index contributed by atoms with van der Waals surface area (Å²) in [7, 11) is 1.31. The maximum Gasteiger partial charge on any atom is 0.307 e. The predicted octanol–water partition coefficient (Wildman–Crippen LogP) is 3.18. The van der Waals surface area contributed by atoms with Gasteiger partial charge in [-0.05, 0) is 29.6 Å². The van der Waals surface area contributed by atoms with Gasteiger partial charge in [-0.15, -0.1) is 11.3 Å². The largest absolute Gasteiger partial charge is 0.469 e. The molecular formula is C19H19ClN2O4S. The van der Waals surface area contributed by atoms with Gasteiger partial charge in [-0.3, -0.25) is 14.4 Å². The lowest BCUT2D eigenvalue weighted by Gasteiger charge is -2.20. The summed E-state index contributed by atoms with van der Waals surface area (Å²) >= 11 is 7.45. The summed E-state index contributed by atoms with van der Waals surface area (Å²) in [5.41, 5.74) is 0.673. The zero-order valence-corrected chi connectivity index (χ0v) is 16.3. The van der Waals surface area contributed by atoms with Crippen LogP contribution in [0.1, 0.15) is 23.8 Å². The Balaban J connectivity index is 1.69. The summed E-state index contributed by atoms with van der Waals surface area (Å²) < 4.78 is 4.73. The fourth-order valence-electron chi connectivity index (χ4n) is 3.03. The molecule has 1 aromatic carbocycles. The van der Waals surface area contributed by atoms with Gasteiger partial charge in [0.25, 0.3) is 0 Å². The third-order valence-electron chi connectivity index (χ3n) is 4.42. The van der Waals surface area contributed by atoms with Gasteiger partial charge < -0.3 is 15.0 Å². The van der Waals surface area contributed by atoms with Gasteiger partial charge in [-0.25, -0.2) is 0 Å². The number of carbonyl (C=O) groups excluding carboxylic acids is 3. The molecule has 0 spiro atoms. The first kappa shape index (κ1) is 19.4. The number of nitrogens with one attached hydrogen (secondary N) is 1. The number of nitrogens with zero attached hydrogens (tertiary/aromatic N) is 1. The normalized spacial score (nSPS) is 17.6. The van der Waals surface area contributed by atoms with Crippen molar-refractivity contribution in [3.05, 3.63) is 51.7 Å². The Labute approximate surface area is 166 Å². The number of benzene rings is 1. The first-order valence-electron chi connectivity index (χ1n) is 8.44. The van der Waals surface area contributed by atoms with Crippen LogP contribution in [0.4, 0.5) is 5.69 Å². The highest BCUT2D eigenvalue weighted by Gasteiger charge is 2.36. The third-order valence-corrected chi connectivity index (χ3v) is 5.64. The number of anilines is 1. The van der Waals surface area contributed by atoms with Gasteiger partial charge in [0.05, 0.1) is 25.5 Å². The molecule has 2 aromatic rings. The van der Waals surface area contributed by atoms with Gasteiger partial charge in [0.1, 0.15) is 0 Å². The van der Waals surface area contributed by atoms with Gasteiger partial charge >= 0.3 is 5.97 Å². The second-order valence-corrected chi connectivity index (χ2v) is 7.66. The van der Waals surface area contributed by atoms with Crippen LogP contribution in [0.3, 0.4) is 0 Å². The van der Waals surface area contributed by atoms with Crippen molar-refractivity contribution < 1.29 is 19.1 Å². The zero-order chi connectivity index (χ0) is 19.4. The van der Waals surface area contributed by atoms with E-state index < -0.39 is 17.9 Å². The van der Waals surface area contributed by atoms with E-state index >= 15 is 0 Å². The number of carbonyl (C=O) groups is 3. The van der Waals surface area contributed by atoms with Crippen LogP contribution in [0, 0.1) is 5.92 Å². The molecule has 2 atom stereocenters. The molecule has 8 heteroatoms. The van der Waals surface area contributed by atoms with Crippen molar-refractivity contribution in [2.75, 3.05) is 18.6 Å². The fraction of sp³-hybridized carbons (Fsp3) is 0.316. The number of rotatable bonds is 6. The minimum atomic E-state index is -0.489. The zero-order valence-electron chi connectivity index (χ0n) is 14.7. The highest BCUT2D eigenvalue weighted by atomic mass is 35.5. The first-order chi connectivity index (χ1) is 13.0. The molecule has 0 saturated carbocycles. The molecule has 27 heavy (non-hydrogen) atoms. The van der Waals surface area contributed by atoms with E-state index in [1.165, 1.54) is 18.4 Å². The van der Waals surface area contributed by atoms with Crippen molar-refractivity contribution in [3.8, 4) is 0 Å². The Morgan fingerprint density at radius 2 is 2.19 bits per heavy atom. The first-order valence-corrected chi connectivity index (χ1v) is 9.70. The Bertz CT molecular complexity index is 840. The number of thiophene rings is 1. The quantitative estimate of drug-likeness (QED) is 0.747. The van der Waals surface area contributed by atoms with E-state index in [0.717, 1.165) is 4.88 Å². The number of amides is 2. The average Bonchev–Trinajstić information content (AvgIpc) is 3.30. The fourth-order valence-corrected chi connectivity index (χ4v) is 3.99. The lowest BCUT2D eigenvalue weighted by atomic mass is 10.1. The van der Waals surface area contributed by atoms with Crippen LogP contribution in [0.2, 0.25) is 5.02 Å². The summed E-state index contributed by atoms with van der Waals surface area (Å²) in [5.74, 6) is -1.28. The molecular weight excluding hydrogens is 388 g/mol. The summed E-state index contributed by atoms with van der Waals surface area (Å²) in [4.78, 5) is 39.2. The average molecular weight is 407 g/mol. The maximum absolute atomic E-state index is 12.7. The summed E-state index contributed by atoms with van der Waals surface area (Å²) in [5, 5.41) is 5.31. The predicted molar refractivity (Wildman–Crippen MR) is 104 cm³/mol. The molecule has 1 saturated heterocycles. The number of hydrogen-bond acceptors (Lipinski definition) is 5. The van der Waals surface area contributed by atoms with Crippen LogP contribution >= 0.6 is 22.9 Å². The number of esters is 1. The molecule has 2 amide bonds. The van der Waals surface area contributed by atoms with Crippen molar-refractivity contribution in [3.63, 3.8) is 0 Å². The molecule has 6 nitrogen and oxygen atoms in total. The highest BCUT2D eigenvalue weighted by molar-refractivity contribution is 7.10. The lowest BCUT2D eigenvalue weighted by molar-refractivity contribution is -0.141. The van der Waals surface area contributed by atoms with E-state index in [2.05, 4.69) is 5.32 Å². The molecule has 142 valence electrons. The molecule has 1 aliphatic heterocycles. The van der Waals surface area contributed by atoms with Gasteiger partial charge in [-0.1, -0.05) is 23.7 Å².